The van der Waals surface area contributed by atoms with Crippen molar-refractivity contribution in [1.82, 2.24) is 0 Å². The summed E-state index contributed by atoms with van der Waals surface area (Å²) in [4.78, 5) is 2.14. The first-order valence-electron chi connectivity index (χ1n) is 5.63. The van der Waals surface area contributed by atoms with E-state index in [1.165, 1.54) is 11.3 Å². The number of nitrogens with zero attached hydrogens (tertiary/aromatic N) is 1. The van der Waals surface area contributed by atoms with Crippen LogP contribution in [0.15, 0.2) is 18.2 Å². The van der Waals surface area contributed by atoms with Crippen LogP contribution >= 0.6 is 0 Å². The molecule has 0 saturated carbocycles. The molecule has 16 heavy (non-hydrogen) atoms. The summed E-state index contributed by atoms with van der Waals surface area (Å²) in [5.74, 6) is 1.01. The zero-order valence-corrected chi connectivity index (χ0v) is 9.65. The third kappa shape index (κ3) is 2.28. The Balaban J connectivity index is 2.09. The van der Waals surface area contributed by atoms with Gasteiger partial charge in [-0.2, -0.15) is 0 Å². The Bertz CT molecular complexity index is 367. The van der Waals surface area contributed by atoms with E-state index in [1.54, 1.807) is 0 Å². The molecule has 0 aliphatic carbocycles. The summed E-state index contributed by atoms with van der Waals surface area (Å²) in [5.41, 5.74) is 13.8. The first-order chi connectivity index (χ1) is 7.70. The highest BCUT2D eigenvalue weighted by atomic mass is 16.5. The molecule has 4 nitrogen and oxygen atoms in total. The molecule has 4 N–H and O–H groups in total. The van der Waals surface area contributed by atoms with Crippen molar-refractivity contribution in [1.29, 1.82) is 0 Å². The maximum Gasteiger partial charge on any atom is 0.122 e. The molecule has 0 amide bonds. The van der Waals surface area contributed by atoms with Gasteiger partial charge in [0.25, 0.3) is 0 Å². The Morgan fingerprint density at radius 1 is 1.50 bits per heavy atom. The number of benzene rings is 1. The maximum absolute atomic E-state index is 5.83. The highest BCUT2D eigenvalue weighted by Crippen LogP contribution is 2.29. The van der Waals surface area contributed by atoms with Gasteiger partial charge in [0.2, 0.25) is 0 Å². The van der Waals surface area contributed by atoms with E-state index in [-0.39, 0.29) is 6.04 Å². The predicted octanol–water partition coefficient (Wildman–Crippen LogP) is 0.344. The van der Waals surface area contributed by atoms with Gasteiger partial charge in [-0.15, -0.1) is 0 Å². The molecular formula is C12H19N3O. The number of rotatable bonds is 4. The van der Waals surface area contributed by atoms with Crippen molar-refractivity contribution in [3.8, 4) is 5.75 Å². The molecule has 1 aliphatic rings. The average molecular weight is 221 g/mol. The van der Waals surface area contributed by atoms with Crippen molar-refractivity contribution >= 4 is 5.69 Å². The van der Waals surface area contributed by atoms with Crippen LogP contribution in [0.4, 0.5) is 5.69 Å². The molecule has 1 aliphatic heterocycles. The Hall–Kier alpha value is -1.26. The monoisotopic (exact) mass is 221 g/mol. The van der Waals surface area contributed by atoms with Gasteiger partial charge in [-0.1, -0.05) is 0 Å². The average Bonchev–Trinajstić information content (AvgIpc) is 2.75. The van der Waals surface area contributed by atoms with E-state index >= 15 is 0 Å². The lowest BCUT2D eigenvalue weighted by Crippen LogP contribution is -2.40. The summed E-state index contributed by atoms with van der Waals surface area (Å²) in [6, 6.07) is 6.29. The predicted molar refractivity (Wildman–Crippen MR) is 65.9 cm³/mol. The second-order valence-electron chi connectivity index (χ2n) is 4.27. The number of nitrogens with two attached hydrogens (primary N) is 2. The normalized spacial score (nSPS) is 15.4. The summed E-state index contributed by atoms with van der Waals surface area (Å²) in [6.07, 6.45) is 1.000. The second kappa shape index (κ2) is 4.72. The molecule has 0 fully saturated rings. The van der Waals surface area contributed by atoms with Crippen LogP contribution in [0.1, 0.15) is 5.56 Å². The van der Waals surface area contributed by atoms with Gasteiger partial charge >= 0.3 is 0 Å². The van der Waals surface area contributed by atoms with E-state index < -0.39 is 0 Å². The molecule has 4 heteroatoms. The van der Waals surface area contributed by atoms with Crippen molar-refractivity contribution < 1.29 is 4.74 Å². The van der Waals surface area contributed by atoms with E-state index in [4.69, 9.17) is 16.2 Å². The van der Waals surface area contributed by atoms with Crippen molar-refractivity contribution in [3.63, 3.8) is 0 Å². The molecule has 1 heterocycles. The van der Waals surface area contributed by atoms with Gasteiger partial charge in [0.1, 0.15) is 5.75 Å². The van der Waals surface area contributed by atoms with Gasteiger partial charge in [0.05, 0.1) is 6.61 Å². The van der Waals surface area contributed by atoms with E-state index in [1.807, 2.05) is 13.1 Å². The SMILES string of the molecule is CN(CC(N)CN)c1ccc2c(c1)CCO2. The highest BCUT2D eigenvalue weighted by Gasteiger charge is 2.14. The number of fused-ring (bicyclic) bond motifs is 1. The van der Waals surface area contributed by atoms with Gasteiger partial charge in [0, 0.05) is 38.3 Å². The Morgan fingerprint density at radius 3 is 3.06 bits per heavy atom. The van der Waals surface area contributed by atoms with E-state index in [0.29, 0.717) is 6.54 Å². The van der Waals surface area contributed by atoms with Gasteiger partial charge in [-0.25, -0.2) is 0 Å². The number of anilines is 1. The van der Waals surface area contributed by atoms with Crippen LogP contribution in [0.3, 0.4) is 0 Å². The van der Waals surface area contributed by atoms with E-state index in [9.17, 15) is 0 Å². The highest BCUT2D eigenvalue weighted by molar-refractivity contribution is 5.53. The van der Waals surface area contributed by atoms with Crippen molar-refractivity contribution in [2.45, 2.75) is 12.5 Å². The third-order valence-electron chi connectivity index (χ3n) is 2.92. The van der Waals surface area contributed by atoms with Crippen LogP contribution in [0, 0.1) is 0 Å². The lowest BCUT2D eigenvalue weighted by Gasteiger charge is -2.23. The molecular weight excluding hydrogens is 202 g/mol. The number of likely N-dealkylation sites (N-methyl/N-ethyl adjacent to an activating group) is 1. The summed E-state index contributed by atoms with van der Waals surface area (Å²) >= 11 is 0. The first-order valence-corrected chi connectivity index (χ1v) is 5.63. The zero-order valence-electron chi connectivity index (χ0n) is 9.65. The number of hydrogen-bond acceptors (Lipinski definition) is 4. The lowest BCUT2D eigenvalue weighted by atomic mass is 10.1. The molecule has 0 radical (unpaired) electrons. The van der Waals surface area contributed by atoms with Crippen LogP contribution in [0.25, 0.3) is 0 Å². The standard InChI is InChI=1S/C12H19N3O/c1-15(8-10(14)7-13)11-2-3-12-9(6-11)4-5-16-12/h2-3,6,10H,4-5,7-8,13-14H2,1H3. The quantitative estimate of drug-likeness (QED) is 0.769. The molecule has 0 bridgehead atoms. The minimum Gasteiger partial charge on any atom is -0.493 e. The van der Waals surface area contributed by atoms with Gasteiger partial charge < -0.3 is 21.1 Å². The van der Waals surface area contributed by atoms with E-state index in [2.05, 4.69) is 17.0 Å². The molecule has 1 aromatic carbocycles. The fourth-order valence-corrected chi connectivity index (χ4v) is 1.94. The van der Waals surface area contributed by atoms with Gasteiger partial charge in [-0.05, 0) is 23.8 Å². The topological polar surface area (TPSA) is 64.5 Å². The molecule has 1 atom stereocenters. The van der Waals surface area contributed by atoms with Gasteiger partial charge in [0.15, 0.2) is 0 Å². The summed E-state index contributed by atoms with van der Waals surface area (Å²) in [7, 11) is 2.03. The second-order valence-corrected chi connectivity index (χ2v) is 4.27. The molecule has 1 aromatic rings. The Morgan fingerprint density at radius 2 is 2.31 bits per heavy atom. The van der Waals surface area contributed by atoms with Crippen molar-refractivity contribution in [3.05, 3.63) is 23.8 Å². The van der Waals surface area contributed by atoms with Crippen molar-refractivity contribution in [2.24, 2.45) is 11.5 Å². The van der Waals surface area contributed by atoms with E-state index in [0.717, 1.165) is 25.3 Å². The van der Waals surface area contributed by atoms with Crippen LogP contribution in [-0.4, -0.2) is 32.8 Å². The molecule has 0 spiro atoms. The Labute approximate surface area is 96.2 Å². The fraction of sp³-hybridized carbons (Fsp3) is 0.500. The molecule has 1 unspecified atom stereocenters. The largest absolute Gasteiger partial charge is 0.493 e. The minimum atomic E-state index is 0.0227. The fourth-order valence-electron chi connectivity index (χ4n) is 1.94. The molecule has 88 valence electrons. The minimum absolute atomic E-state index is 0.0227. The zero-order chi connectivity index (χ0) is 11.5. The smallest absolute Gasteiger partial charge is 0.122 e. The molecule has 2 rings (SSSR count). The number of ether oxygens (including phenoxy) is 1. The van der Waals surface area contributed by atoms with Crippen LogP contribution in [0.2, 0.25) is 0 Å². The van der Waals surface area contributed by atoms with Crippen LogP contribution < -0.4 is 21.1 Å². The van der Waals surface area contributed by atoms with Crippen molar-refractivity contribution in [2.75, 3.05) is 31.6 Å². The number of hydrogen-bond donors (Lipinski definition) is 2. The van der Waals surface area contributed by atoms with Crippen LogP contribution in [-0.2, 0) is 6.42 Å². The van der Waals surface area contributed by atoms with Crippen LogP contribution in [0.5, 0.6) is 5.75 Å². The maximum atomic E-state index is 5.83. The molecule has 0 saturated heterocycles. The first kappa shape index (κ1) is 11.2. The summed E-state index contributed by atoms with van der Waals surface area (Å²) in [5, 5.41) is 0. The summed E-state index contributed by atoms with van der Waals surface area (Å²) < 4.78 is 5.47. The molecule has 0 aromatic heterocycles. The third-order valence-corrected chi connectivity index (χ3v) is 2.92. The Kier molecular flexibility index (Phi) is 3.31. The lowest BCUT2D eigenvalue weighted by molar-refractivity contribution is 0.357. The summed E-state index contributed by atoms with van der Waals surface area (Å²) in [6.45, 7) is 2.08. The van der Waals surface area contributed by atoms with Gasteiger partial charge in [-0.3, -0.25) is 0 Å².